The van der Waals surface area contributed by atoms with Crippen LogP contribution in [0.2, 0.25) is 0 Å². The molecule has 4 atom stereocenters. The molecule has 2 aliphatic rings. The summed E-state index contributed by atoms with van der Waals surface area (Å²) in [5.41, 5.74) is 2.15. The number of carbonyl (C=O) groups excluding carboxylic acids is 2. The van der Waals surface area contributed by atoms with Gasteiger partial charge in [-0.1, -0.05) is 18.5 Å². The van der Waals surface area contributed by atoms with E-state index in [1.54, 1.807) is 4.90 Å². The van der Waals surface area contributed by atoms with Gasteiger partial charge in [-0.25, -0.2) is 8.78 Å². The Morgan fingerprint density at radius 2 is 2.00 bits per heavy atom. The number of rotatable bonds is 11. The van der Waals surface area contributed by atoms with Crippen molar-refractivity contribution in [1.82, 2.24) is 25.6 Å². The minimum atomic E-state index is -1.05. The van der Waals surface area contributed by atoms with Crippen molar-refractivity contribution in [3.8, 4) is 0 Å². The van der Waals surface area contributed by atoms with Gasteiger partial charge in [0.2, 0.25) is 11.8 Å². The molecule has 1 aromatic heterocycles. The summed E-state index contributed by atoms with van der Waals surface area (Å²) < 4.78 is 33.2. The molecule has 3 N–H and O–H groups in total. The Bertz CT molecular complexity index is 1120. The Morgan fingerprint density at radius 3 is 2.67 bits per heavy atom. The number of likely N-dealkylation sites (tertiary alicyclic amines) is 1. The number of carbonyl (C=O) groups is 2. The maximum atomic E-state index is 14.0. The summed E-state index contributed by atoms with van der Waals surface area (Å²) in [5.74, 6) is -1.63. The van der Waals surface area contributed by atoms with Gasteiger partial charge in [0.25, 0.3) is 0 Å². The molecule has 2 aromatic rings. The van der Waals surface area contributed by atoms with Gasteiger partial charge in [0.1, 0.15) is 17.4 Å². The summed E-state index contributed by atoms with van der Waals surface area (Å²) in [6, 6.07) is 1.97. The van der Waals surface area contributed by atoms with Gasteiger partial charge < -0.3 is 25.2 Å². The van der Waals surface area contributed by atoms with Crippen LogP contribution in [0.15, 0.2) is 22.7 Å². The molecule has 2 saturated heterocycles. The summed E-state index contributed by atoms with van der Waals surface area (Å²) in [5, 5.41) is 21.8. The number of hydrogen-bond acceptors (Lipinski definition) is 7. The fourth-order valence-corrected chi connectivity index (χ4v) is 5.50. The zero-order valence-electron chi connectivity index (χ0n) is 22.9. The van der Waals surface area contributed by atoms with Crippen molar-refractivity contribution in [3.63, 3.8) is 0 Å². The third-order valence-electron chi connectivity index (χ3n) is 7.75. The molecule has 0 saturated carbocycles. The van der Waals surface area contributed by atoms with Crippen LogP contribution in [0.25, 0.3) is 0 Å². The van der Waals surface area contributed by atoms with Crippen molar-refractivity contribution in [2.75, 3.05) is 32.7 Å². The van der Waals surface area contributed by atoms with Crippen molar-refractivity contribution in [2.24, 2.45) is 5.92 Å². The van der Waals surface area contributed by atoms with Crippen LogP contribution in [0.3, 0.4) is 0 Å². The van der Waals surface area contributed by atoms with E-state index >= 15 is 0 Å². The van der Waals surface area contributed by atoms with Crippen molar-refractivity contribution in [1.29, 1.82) is 0 Å². The average molecular weight is 548 g/mol. The molecular weight excluding hydrogens is 508 g/mol. The molecule has 214 valence electrons. The number of aliphatic hydroxyl groups is 1. The molecule has 1 unspecified atom stereocenters. The molecule has 0 bridgehead atoms. The van der Waals surface area contributed by atoms with Crippen LogP contribution in [0, 0.1) is 31.4 Å². The van der Waals surface area contributed by atoms with E-state index < -0.39 is 35.7 Å². The molecule has 0 radical (unpaired) electrons. The van der Waals surface area contributed by atoms with Crippen molar-refractivity contribution in [2.45, 2.75) is 71.2 Å². The van der Waals surface area contributed by atoms with E-state index in [9.17, 15) is 23.5 Å². The molecule has 2 amide bonds. The first-order valence-corrected chi connectivity index (χ1v) is 13.7. The number of aliphatic hydroxyl groups excluding tert-OH is 1. The van der Waals surface area contributed by atoms with E-state index in [1.165, 1.54) is 12.1 Å². The van der Waals surface area contributed by atoms with Crippen LogP contribution >= 0.6 is 0 Å². The summed E-state index contributed by atoms with van der Waals surface area (Å²) in [6.45, 7) is 9.20. The largest absolute Gasteiger partial charge is 0.389 e. The average Bonchev–Trinajstić information content (AvgIpc) is 3.42. The zero-order chi connectivity index (χ0) is 28.1. The number of nitrogens with one attached hydrogen (secondary N) is 2. The molecule has 11 heteroatoms. The van der Waals surface area contributed by atoms with E-state index in [2.05, 4.69) is 20.7 Å². The number of halogens is 2. The molecule has 0 aliphatic carbocycles. The Morgan fingerprint density at radius 1 is 1.26 bits per heavy atom. The standard InChI is InChI=1S/C28H39F2N5O4/c1-4-5-7-35-14-20(12-26(35)36)28(38)32-24(11-19-9-21(29)13-22(30)10-19)27(37)25-16-34(8-6-31-25)15-23-17(2)33-39-18(23)3/h9-10,13,20,24-25,27,31,37H,4-8,11-12,14-16H2,1-3H3,(H,32,38)/t20?,24-,25+,27-/m0/s1. The SMILES string of the molecule is CCCCN1CC(C(=O)N[C@@H](Cc2cc(F)cc(F)c2)[C@H](O)[C@H]2CN(Cc3c(C)noc3C)CCN2)CC1=O. The fraction of sp³-hybridized carbons (Fsp3) is 0.607. The Kier molecular flexibility index (Phi) is 9.68. The van der Waals surface area contributed by atoms with Crippen LogP contribution in [0.1, 0.15) is 48.8 Å². The van der Waals surface area contributed by atoms with Gasteiger partial charge >= 0.3 is 0 Å². The minimum absolute atomic E-state index is 0.0316. The Hall–Kier alpha value is -2.89. The first-order chi connectivity index (χ1) is 18.6. The van der Waals surface area contributed by atoms with E-state index in [1.807, 2.05) is 20.8 Å². The van der Waals surface area contributed by atoms with Crippen molar-refractivity contribution in [3.05, 3.63) is 52.4 Å². The number of aryl methyl sites for hydroxylation is 2. The quantitative estimate of drug-likeness (QED) is 0.395. The van der Waals surface area contributed by atoms with Crippen molar-refractivity contribution >= 4 is 11.8 Å². The van der Waals surface area contributed by atoms with E-state index in [4.69, 9.17) is 4.52 Å². The minimum Gasteiger partial charge on any atom is -0.389 e. The molecule has 9 nitrogen and oxygen atoms in total. The second-order valence-corrected chi connectivity index (χ2v) is 10.8. The predicted octanol–water partition coefficient (Wildman–Crippen LogP) is 2.08. The smallest absolute Gasteiger partial charge is 0.225 e. The highest BCUT2D eigenvalue weighted by Gasteiger charge is 2.38. The van der Waals surface area contributed by atoms with E-state index in [-0.39, 0.29) is 24.7 Å². The van der Waals surface area contributed by atoms with Gasteiger partial charge in [0, 0.05) is 63.4 Å². The van der Waals surface area contributed by atoms with E-state index in [0.29, 0.717) is 38.3 Å². The first kappa shape index (κ1) is 29.1. The normalized spacial score (nSPS) is 21.8. The lowest BCUT2D eigenvalue weighted by Gasteiger charge is -2.39. The number of nitrogens with zero attached hydrogens (tertiary/aromatic N) is 3. The number of unbranched alkanes of at least 4 members (excludes halogenated alkanes) is 1. The molecule has 3 heterocycles. The van der Waals surface area contributed by atoms with Crippen LogP contribution < -0.4 is 10.6 Å². The topological polar surface area (TPSA) is 111 Å². The van der Waals surface area contributed by atoms with E-state index in [0.717, 1.165) is 42.5 Å². The zero-order valence-corrected chi connectivity index (χ0v) is 22.9. The van der Waals surface area contributed by atoms with Gasteiger partial charge in [0.15, 0.2) is 0 Å². The second-order valence-electron chi connectivity index (χ2n) is 10.8. The number of hydrogen-bond donors (Lipinski definition) is 3. The van der Waals surface area contributed by atoms with Crippen LogP contribution in [0.5, 0.6) is 0 Å². The molecule has 2 fully saturated rings. The van der Waals surface area contributed by atoms with Gasteiger partial charge in [-0.15, -0.1) is 0 Å². The van der Waals surface area contributed by atoms with Gasteiger partial charge in [-0.2, -0.15) is 0 Å². The Balaban J connectivity index is 1.48. The van der Waals surface area contributed by atoms with Crippen molar-refractivity contribution < 1.29 is 28.0 Å². The molecule has 0 spiro atoms. The van der Waals surface area contributed by atoms with Gasteiger partial charge in [-0.05, 0) is 44.4 Å². The highest BCUT2D eigenvalue weighted by atomic mass is 19.1. The van der Waals surface area contributed by atoms with Crippen LogP contribution in [-0.2, 0) is 22.6 Å². The van der Waals surface area contributed by atoms with Gasteiger partial charge in [0.05, 0.1) is 23.8 Å². The van der Waals surface area contributed by atoms with Gasteiger partial charge in [-0.3, -0.25) is 14.5 Å². The fourth-order valence-electron chi connectivity index (χ4n) is 5.50. The summed E-state index contributed by atoms with van der Waals surface area (Å²) in [4.78, 5) is 29.6. The predicted molar refractivity (Wildman–Crippen MR) is 141 cm³/mol. The number of benzene rings is 1. The number of aromatic nitrogens is 1. The second kappa shape index (κ2) is 13.0. The van der Waals surface area contributed by atoms with Crippen LogP contribution in [0.4, 0.5) is 8.78 Å². The summed E-state index contributed by atoms with van der Waals surface area (Å²) >= 11 is 0. The lowest BCUT2D eigenvalue weighted by Crippen LogP contribution is -2.61. The number of piperazine rings is 1. The molecule has 1 aromatic carbocycles. The lowest BCUT2D eigenvalue weighted by molar-refractivity contribution is -0.129. The third-order valence-corrected chi connectivity index (χ3v) is 7.75. The lowest BCUT2D eigenvalue weighted by atomic mass is 9.93. The van der Waals surface area contributed by atoms with Crippen LogP contribution in [-0.4, -0.2) is 82.8 Å². The molecular formula is C28H39F2N5O4. The summed E-state index contributed by atoms with van der Waals surface area (Å²) in [7, 11) is 0. The Labute approximate surface area is 227 Å². The molecule has 2 aliphatic heterocycles. The summed E-state index contributed by atoms with van der Waals surface area (Å²) in [6.07, 6.45) is 0.899. The monoisotopic (exact) mass is 547 g/mol. The maximum absolute atomic E-state index is 14.0. The first-order valence-electron chi connectivity index (χ1n) is 13.7. The number of amides is 2. The highest BCUT2D eigenvalue weighted by molar-refractivity contribution is 5.89. The highest BCUT2D eigenvalue weighted by Crippen LogP contribution is 2.22. The molecule has 4 rings (SSSR count). The third kappa shape index (κ3) is 7.40. The maximum Gasteiger partial charge on any atom is 0.225 e. The molecule has 39 heavy (non-hydrogen) atoms.